The number of oxazole rings is 1. The zero-order valence-corrected chi connectivity index (χ0v) is 15.3. The van der Waals surface area contributed by atoms with Crippen molar-refractivity contribution in [2.75, 3.05) is 6.61 Å². The molecule has 0 spiro atoms. The van der Waals surface area contributed by atoms with Crippen molar-refractivity contribution < 1.29 is 18.7 Å². The van der Waals surface area contributed by atoms with Gasteiger partial charge in [0.25, 0.3) is 5.91 Å². The standard InChI is InChI=1S/C19H24N2O4/c1-12(2)21(13(3)4)16(22)11-24-19(23)17-14(5)25-18(20-17)15-9-7-6-8-10-15/h6-10,12-13H,11H2,1-5H3. The first kappa shape index (κ1) is 18.7. The number of aryl methyl sites for hydroxylation is 1. The Kier molecular flexibility index (Phi) is 5.96. The fraction of sp³-hybridized carbons (Fsp3) is 0.421. The van der Waals surface area contributed by atoms with Gasteiger partial charge in [-0.3, -0.25) is 4.79 Å². The summed E-state index contributed by atoms with van der Waals surface area (Å²) in [5.41, 5.74) is 0.860. The minimum absolute atomic E-state index is 0.0321. The van der Waals surface area contributed by atoms with Crippen LogP contribution in [-0.2, 0) is 9.53 Å². The molecular formula is C19H24N2O4. The van der Waals surface area contributed by atoms with E-state index in [-0.39, 0.29) is 30.3 Å². The van der Waals surface area contributed by atoms with Gasteiger partial charge in [0.2, 0.25) is 5.89 Å². The molecule has 0 aliphatic carbocycles. The summed E-state index contributed by atoms with van der Waals surface area (Å²) >= 11 is 0. The van der Waals surface area contributed by atoms with Gasteiger partial charge in [-0.25, -0.2) is 9.78 Å². The number of carbonyl (C=O) groups is 2. The van der Waals surface area contributed by atoms with E-state index < -0.39 is 5.97 Å². The Balaban J connectivity index is 2.07. The first-order valence-corrected chi connectivity index (χ1v) is 8.32. The Bertz CT molecular complexity index is 727. The first-order chi connectivity index (χ1) is 11.8. The highest BCUT2D eigenvalue weighted by Crippen LogP contribution is 2.21. The Labute approximate surface area is 147 Å². The number of nitrogens with zero attached hydrogens (tertiary/aromatic N) is 2. The van der Waals surface area contributed by atoms with E-state index in [0.717, 1.165) is 5.56 Å². The van der Waals surface area contributed by atoms with E-state index in [2.05, 4.69) is 4.98 Å². The molecule has 0 saturated heterocycles. The van der Waals surface area contributed by atoms with Crippen LogP contribution in [0.3, 0.4) is 0 Å². The van der Waals surface area contributed by atoms with Crippen LogP contribution in [0.1, 0.15) is 43.9 Å². The SMILES string of the molecule is Cc1oc(-c2ccccc2)nc1C(=O)OCC(=O)N(C(C)C)C(C)C. The molecule has 0 aliphatic rings. The van der Waals surface area contributed by atoms with Gasteiger partial charge in [0.1, 0.15) is 5.76 Å². The fourth-order valence-electron chi connectivity index (χ4n) is 2.73. The number of amides is 1. The molecule has 0 bridgehead atoms. The minimum atomic E-state index is -0.663. The predicted molar refractivity (Wildman–Crippen MR) is 94.1 cm³/mol. The van der Waals surface area contributed by atoms with Crippen molar-refractivity contribution in [2.45, 2.75) is 46.7 Å². The van der Waals surface area contributed by atoms with Crippen molar-refractivity contribution in [2.24, 2.45) is 0 Å². The van der Waals surface area contributed by atoms with Crippen LogP contribution in [0.2, 0.25) is 0 Å². The van der Waals surface area contributed by atoms with Gasteiger partial charge in [-0.2, -0.15) is 0 Å². The summed E-state index contributed by atoms with van der Waals surface area (Å²) in [5, 5.41) is 0. The van der Waals surface area contributed by atoms with Gasteiger partial charge < -0.3 is 14.1 Å². The average molecular weight is 344 g/mol. The highest BCUT2D eigenvalue weighted by Gasteiger charge is 2.24. The van der Waals surface area contributed by atoms with Crippen LogP contribution in [0, 0.1) is 6.92 Å². The lowest BCUT2D eigenvalue weighted by Crippen LogP contribution is -2.44. The Morgan fingerprint density at radius 3 is 2.28 bits per heavy atom. The van der Waals surface area contributed by atoms with Crippen molar-refractivity contribution in [3.05, 3.63) is 41.8 Å². The van der Waals surface area contributed by atoms with Crippen molar-refractivity contribution in [3.8, 4) is 11.5 Å². The molecule has 1 amide bonds. The highest BCUT2D eigenvalue weighted by molar-refractivity contribution is 5.91. The molecule has 0 fully saturated rings. The summed E-state index contributed by atoms with van der Waals surface area (Å²) in [7, 11) is 0. The number of carbonyl (C=O) groups excluding carboxylic acids is 2. The second kappa shape index (κ2) is 7.96. The molecular weight excluding hydrogens is 320 g/mol. The van der Waals surface area contributed by atoms with E-state index in [1.165, 1.54) is 0 Å². The third-order valence-electron chi connectivity index (χ3n) is 3.74. The second-order valence-corrected chi connectivity index (χ2v) is 6.35. The molecule has 6 nitrogen and oxygen atoms in total. The van der Waals surface area contributed by atoms with Gasteiger partial charge in [0.15, 0.2) is 12.3 Å². The Morgan fingerprint density at radius 1 is 1.12 bits per heavy atom. The molecule has 0 radical (unpaired) electrons. The van der Waals surface area contributed by atoms with Crippen LogP contribution in [0.5, 0.6) is 0 Å². The van der Waals surface area contributed by atoms with Crippen LogP contribution in [0.25, 0.3) is 11.5 Å². The summed E-state index contributed by atoms with van der Waals surface area (Å²) in [6.45, 7) is 9.02. The van der Waals surface area contributed by atoms with E-state index in [0.29, 0.717) is 11.7 Å². The molecule has 6 heteroatoms. The molecule has 1 heterocycles. The lowest BCUT2D eigenvalue weighted by Gasteiger charge is -2.30. The monoisotopic (exact) mass is 344 g/mol. The summed E-state index contributed by atoms with van der Waals surface area (Å²) in [5.74, 6) is -0.185. The molecule has 1 aromatic heterocycles. The quantitative estimate of drug-likeness (QED) is 0.751. The zero-order valence-electron chi connectivity index (χ0n) is 15.3. The van der Waals surface area contributed by atoms with Gasteiger partial charge in [-0.15, -0.1) is 0 Å². The molecule has 134 valence electrons. The predicted octanol–water partition coefficient (Wildman–Crippen LogP) is 3.45. The first-order valence-electron chi connectivity index (χ1n) is 8.32. The molecule has 0 saturated carbocycles. The molecule has 2 aromatic rings. The largest absolute Gasteiger partial charge is 0.451 e. The summed E-state index contributed by atoms with van der Waals surface area (Å²) < 4.78 is 10.7. The maximum Gasteiger partial charge on any atom is 0.361 e. The second-order valence-electron chi connectivity index (χ2n) is 6.35. The molecule has 25 heavy (non-hydrogen) atoms. The van der Waals surface area contributed by atoms with E-state index in [4.69, 9.17) is 9.15 Å². The third-order valence-corrected chi connectivity index (χ3v) is 3.74. The van der Waals surface area contributed by atoms with Crippen LogP contribution in [-0.4, -0.2) is 40.5 Å². The maximum atomic E-state index is 12.3. The Hall–Kier alpha value is -2.63. The fourth-order valence-corrected chi connectivity index (χ4v) is 2.73. The lowest BCUT2D eigenvalue weighted by atomic mass is 10.2. The van der Waals surface area contributed by atoms with Crippen LogP contribution < -0.4 is 0 Å². The normalized spacial score (nSPS) is 11.0. The summed E-state index contributed by atoms with van der Waals surface area (Å²) in [6.07, 6.45) is 0. The number of hydrogen-bond donors (Lipinski definition) is 0. The van der Waals surface area contributed by atoms with Gasteiger partial charge in [-0.05, 0) is 46.8 Å². The topological polar surface area (TPSA) is 72.6 Å². The van der Waals surface area contributed by atoms with Gasteiger partial charge in [0, 0.05) is 17.6 Å². The highest BCUT2D eigenvalue weighted by atomic mass is 16.5. The van der Waals surface area contributed by atoms with Gasteiger partial charge >= 0.3 is 5.97 Å². The van der Waals surface area contributed by atoms with E-state index in [1.807, 2.05) is 58.0 Å². The van der Waals surface area contributed by atoms with Crippen molar-refractivity contribution in [1.82, 2.24) is 9.88 Å². The van der Waals surface area contributed by atoms with Crippen molar-refractivity contribution in [1.29, 1.82) is 0 Å². The van der Waals surface area contributed by atoms with E-state index in [9.17, 15) is 9.59 Å². The molecule has 2 rings (SSSR count). The Morgan fingerprint density at radius 2 is 1.72 bits per heavy atom. The number of rotatable bonds is 6. The number of ether oxygens (including phenoxy) is 1. The zero-order chi connectivity index (χ0) is 18.6. The number of benzene rings is 1. The van der Waals surface area contributed by atoms with Crippen molar-refractivity contribution >= 4 is 11.9 Å². The number of esters is 1. The van der Waals surface area contributed by atoms with Crippen LogP contribution in [0.15, 0.2) is 34.7 Å². The minimum Gasteiger partial charge on any atom is -0.451 e. The number of hydrogen-bond acceptors (Lipinski definition) is 5. The van der Waals surface area contributed by atoms with Crippen LogP contribution >= 0.6 is 0 Å². The molecule has 1 aromatic carbocycles. The molecule has 0 N–H and O–H groups in total. The smallest absolute Gasteiger partial charge is 0.361 e. The van der Waals surface area contributed by atoms with Crippen LogP contribution in [0.4, 0.5) is 0 Å². The van der Waals surface area contributed by atoms with E-state index >= 15 is 0 Å². The third kappa shape index (κ3) is 4.47. The van der Waals surface area contributed by atoms with Gasteiger partial charge in [-0.1, -0.05) is 18.2 Å². The molecule has 0 atom stereocenters. The molecule has 0 unspecified atom stereocenters. The lowest BCUT2D eigenvalue weighted by molar-refractivity contribution is -0.138. The van der Waals surface area contributed by atoms with E-state index in [1.54, 1.807) is 11.8 Å². The average Bonchev–Trinajstić information content (AvgIpc) is 2.94. The maximum absolute atomic E-state index is 12.3. The number of aromatic nitrogens is 1. The molecule has 0 aliphatic heterocycles. The summed E-state index contributed by atoms with van der Waals surface area (Å²) in [6, 6.07) is 9.35. The van der Waals surface area contributed by atoms with Gasteiger partial charge in [0.05, 0.1) is 0 Å². The van der Waals surface area contributed by atoms with Crippen molar-refractivity contribution in [3.63, 3.8) is 0 Å². The summed E-state index contributed by atoms with van der Waals surface area (Å²) in [4.78, 5) is 30.4.